The molecule has 1 aromatic rings. The largest absolute Gasteiger partial charge is 0.396 e. The van der Waals surface area contributed by atoms with E-state index < -0.39 is 6.10 Å². The molecule has 2 atom stereocenters. The summed E-state index contributed by atoms with van der Waals surface area (Å²) in [5.41, 5.74) is 0.965. The molecule has 0 saturated carbocycles. The van der Waals surface area contributed by atoms with Crippen LogP contribution in [0.3, 0.4) is 0 Å². The summed E-state index contributed by atoms with van der Waals surface area (Å²) in [6.45, 7) is 4.00. The topological polar surface area (TPSA) is 40.5 Å². The highest BCUT2D eigenvalue weighted by Crippen LogP contribution is 2.28. The minimum atomic E-state index is -0.432. The third kappa shape index (κ3) is 3.86. The van der Waals surface area contributed by atoms with Gasteiger partial charge < -0.3 is 10.2 Å². The minimum absolute atomic E-state index is 0.212. The van der Waals surface area contributed by atoms with E-state index in [-0.39, 0.29) is 12.5 Å². The Bertz CT molecular complexity index is 299. The lowest BCUT2D eigenvalue weighted by Crippen LogP contribution is -2.04. The predicted molar refractivity (Wildman–Crippen MR) is 64.0 cm³/mol. The number of aliphatic hydroxyl groups excluding tert-OH is 2. The highest BCUT2D eigenvalue weighted by molar-refractivity contribution is 7.99. The Labute approximate surface area is 95.3 Å². The van der Waals surface area contributed by atoms with E-state index in [1.165, 1.54) is 0 Å². The molecule has 2 nitrogen and oxygen atoms in total. The first kappa shape index (κ1) is 12.6. The molecule has 0 aliphatic heterocycles. The molecular weight excluding hydrogens is 208 g/mol. The molecule has 84 valence electrons. The maximum absolute atomic E-state index is 9.56. The van der Waals surface area contributed by atoms with Crippen molar-refractivity contribution in [2.45, 2.75) is 24.8 Å². The molecule has 0 heterocycles. The molecule has 0 aromatic heterocycles. The first-order valence-corrected chi connectivity index (χ1v) is 6.14. The highest BCUT2D eigenvalue weighted by atomic mass is 32.2. The van der Waals surface area contributed by atoms with Crippen LogP contribution in [0.15, 0.2) is 29.2 Å². The van der Waals surface area contributed by atoms with Crippen molar-refractivity contribution in [1.29, 1.82) is 0 Å². The second-order valence-corrected chi connectivity index (χ2v) is 4.87. The summed E-state index contributed by atoms with van der Waals surface area (Å²) in [6, 6.07) is 7.85. The van der Waals surface area contributed by atoms with E-state index in [2.05, 4.69) is 0 Å². The summed E-state index contributed by atoms with van der Waals surface area (Å²) >= 11 is 1.69. The van der Waals surface area contributed by atoms with Crippen molar-refractivity contribution in [2.24, 2.45) is 5.92 Å². The summed E-state index contributed by atoms with van der Waals surface area (Å²) in [5, 5.41) is 18.5. The summed E-state index contributed by atoms with van der Waals surface area (Å²) in [4.78, 5) is 1.10. The number of aliphatic hydroxyl groups is 2. The number of hydrogen-bond acceptors (Lipinski definition) is 3. The summed E-state index contributed by atoms with van der Waals surface area (Å²) < 4.78 is 0. The van der Waals surface area contributed by atoms with E-state index in [1.54, 1.807) is 18.7 Å². The molecule has 0 bridgehead atoms. The summed E-state index contributed by atoms with van der Waals surface area (Å²) in [5.74, 6) is 1.16. The quantitative estimate of drug-likeness (QED) is 0.758. The normalized spacial score (nSPS) is 14.9. The lowest BCUT2D eigenvalue weighted by Gasteiger charge is -2.13. The van der Waals surface area contributed by atoms with Gasteiger partial charge in [0.1, 0.15) is 0 Å². The van der Waals surface area contributed by atoms with Crippen LogP contribution in [-0.4, -0.2) is 22.6 Å². The molecule has 1 unspecified atom stereocenters. The molecule has 0 aliphatic carbocycles. The molecule has 0 fully saturated rings. The van der Waals surface area contributed by atoms with Crippen molar-refractivity contribution in [2.75, 3.05) is 12.4 Å². The van der Waals surface area contributed by atoms with E-state index >= 15 is 0 Å². The minimum Gasteiger partial charge on any atom is -0.396 e. The van der Waals surface area contributed by atoms with E-state index in [9.17, 15) is 5.11 Å². The van der Waals surface area contributed by atoms with Crippen LogP contribution >= 0.6 is 11.8 Å². The Morgan fingerprint density at radius 3 is 2.53 bits per heavy atom. The summed E-state index contributed by atoms with van der Waals surface area (Å²) in [6.07, 6.45) is -0.432. The van der Waals surface area contributed by atoms with Crippen molar-refractivity contribution in [3.8, 4) is 0 Å². The fourth-order valence-electron chi connectivity index (χ4n) is 1.24. The lowest BCUT2D eigenvalue weighted by atomic mass is 10.1. The Kier molecular flexibility index (Phi) is 5.15. The molecular formula is C12H18O2S. The van der Waals surface area contributed by atoms with E-state index in [0.29, 0.717) is 0 Å². The van der Waals surface area contributed by atoms with Crippen LogP contribution in [0.1, 0.15) is 25.5 Å². The number of thioether (sulfide) groups is 1. The van der Waals surface area contributed by atoms with Crippen LogP contribution < -0.4 is 0 Å². The van der Waals surface area contributed by atoms with E-state index in [1.807, 2.05) is 31.2 Å². The average molecular weight is 226 g/mol. The van der Waals surface area contributed by atoms with Crippen LogP contribution in [0.5, 0.6) is 0 Å². The zero-order chi connectivity index (χ0) is 11.3. The van der Waals surface area contributed by atoms with Crippen LogP contribution in [0.4, 0.5) is 0 Å². The Morgan fingerprint density at radius 2 is 1.93 bits per heavy atom. The zero-order valence-corrected chi connectivity index (χ0v) is 10.00. The van der Waals surface area contributed by atoms with Gasteiger partial charge in [0.15, 0.2) is 0 Å². The Morgan fingerprint density at radius 1 is 1.27 bits per heavy atom. The molecule has 0 spiro atoms. The maximum Gasteiger partial charge on any atom is 0.0772 e. The van der Waals surface area contributed by atoms with E-state index in [0.717, 1.165) is 16.2 Å². The van der Waals surface area contributed by atoms with Gasteiger partial charge in [-0.15, -0.1) is 11.8 Å². The predicted octanol–water partition coefficient (Wildman–Crippen LogP) is 2.46. The smallest absolute Gasteiger partial charge is 0.0772 e. The summed E-state index contributed by atoms with van der Waals surface area (Å²) in [7, 11) is 0. The second-order valence-electron chi connectivity index (χ2n) is 3.81. The van der Waals surface area contributed by atoms with Gasteiger partial charge in [-0.1, -0.05) is 25.1 Å². The fraction of sp³-hybridized carbons (Fsp3) is 0.500. The van der Waals surface area contributed by atoms with Crippen LogP contribution in [0, 0.1) is 5.92 Å². The van der Waals surface area contributed by atoms with Gasteiger partial charge in [0, 0.05) is 17.3 Å². The highest BCUT2D eigenvalue weighted by Gasteiger charge is 2.08. The second kappa shape index (κ2) is 6.16. The molecule has 0 saturated heterocycles. The maximum atomic E-state index is 9.56. The molecule has 0 aliphatic rings. The van der Waals surface area contributed by atoms with Crippen molar-refractivity contribution in [3.05, 3.63) is 29.8 Å². The van der Waals surface area contributed by atoms with Crippen molar-refractivity contribution < 1.29 is 10.2 Å². The van der Waals surface area contributed by atoms with Gasteiger partial charge in [0.25, 0.3) is 0 Å². The van der Waals surface area contributed by atoms with Gasteiger partial charge in [-0.2, -0.15) is 0 Å². The van der Waals surface area contributed by atoms with Gasteiger partial charge in [-0.25, -0.2) is 0 Å². The van der Waals surface area contributed by atoms with Crippen LogP contribution in [0.2, 0.25) is 0 Å². The van der Waals surface area contributed by atoms with Gasteiger partial charge in [-0.3, -0.25) is 0 Å². The van der Waals surface area contributed by atoms with Gasteiger partial charge in [0.2, 0.25) is 0 Å². The molecule has 1 aromatic carbocycles. The number of rotatable bonds is 5. The molecule has 3 heteroatoms. The molecule has 0 amide bonds. The van der Waals surface area contributed by atoms with Crippen molar-refractivity contribution in [1.82, 2.24) is 0 Å². The average Bonchev–Trinajstić information content (AvgIpc) is 2.26. The number of hydrogen-bond donors (Lipinski definition) is 2. The fourth-order valence-corrected chi connectivity index (χ4v) is 2.39. The Hall–Kier alpha value is -0.510. The molecule has 15 heavy (non-hydrogen) atoms. The van der Waals surface area contributed by atoms with Crippen molar-refractivity contribution in [3.63, 3.8) is 0 Å². The molecule has 2 N–H and O–H groups in total. The first-order valence-electron chi connectivity index (χ1n) is 5.15. The van der Waals surface area contributed by atoms with Crippen molar-refractivity contribution >= 4 is 11.8 Å². The van der Waals surface area contributed by atoms with E-state index in [4.69, 9.17) is 5.11 Å². The molecule has 0 radical (unpaired) electrons. The first-order chi connectivity index (χ1) is 7.15. The van der Waals surface area contributed by atoms with Gasteiger partial charge in [0.05, 0.1) is 6.10 Å². The van der Waals surface area contributed by atoms with Crippen LogP contribution in [0.25, 0.3) is 0 Å². The lowest BCUT2D eigenvalue weighted by molar-refractivity contribution is 0.196. The Balaban J connectivity index is 2.67. The third-order valence-corrected chi connectivity index (χ3v) is 3.62. The van der Waals surface area contributed by atoms with Gasteiger partial charge in [-0.05, 0) is 24.5 Å². The van der Waals surface area contributed by atoms with Crippen LogP contribution in [-0.2, 0) is 0 Å². The molecule has 1 rings (SSSR count). The number of benzene rings is 1. The SMILES string of the molecule is CC(CO)CSc1ccccc1[C@@H](C)O. The zero-order valence-electron chi connectivity index (χ0n) is 9.18. The van der Waals surface area contributed by atoms with Gasteiger partial charge >= 0.3 is 0 Å². The monoisotopic (exact) mass is 226 g/mol. The third-order valence-electron chi connectivity index (χ3n) is 2.20. The standard InChI is InChI=1S/C12H18O2S/c1-9(7-13)8-15-12-6-4-3-5-11(12)10(2)14/h3-6,9-10,13-14H,7-8H2,1-2H3/t9?,10-/m1/s1.